The molecule has 0 spiro atoms. The van der Waals surface area contributed by atoms with Crippen LogP contribution in [0.5, 0.6) is 0 Å². The van der Waals surface area contributed by atoms with E-state index in [1.165, 1.54) is 0 Å². The van der Waals surface area contributed by atoms with E-state index in [9.17, 15) is 4.79 Å². The molecule has 5 nitrogen and oxygen atoms in total. The molecule has 0 unspecified atom stereocenters. The molecule has 0 bridgehead atoms. The van der Waals surface area contributed by atoms with E-state index in [1.54, 1.807) is 27.8 Å². The van der Waals surface area contributed by atoms with E-state index < -0.39 is 0 Å². The fourth-order valence-corrected chi connectivity index (χ4v) is 2.44. The van der Waals surface area contributed by atoms with Crippen LogP contribution in [0.15, 0.2) is 78.5 Å². The van der Waals surface area contributed by atoms with Crippen LogP contribution in [-0.4, -0.2) is 26.7 Å². The summed E-state index contributed by atoms with van der Waals surface area (Å²) >= 11 is 0. The van der Waals surface area contributed by atoms with E-state index in [-0.39, 0.29) is 5.56 Å². The predicted molar refractivity (Wildman–Crippen MR) is 99.7 cm³/mol. The Bertz CT molecular complexity index is 983. The van der Waals surface area contributed by atoms with Gasteiger partial charge >= 0.3 is 0 Å². The Kier molecular flexibility index (Phi) is 4.56. The number of benzene rings is 1. The highest BCUT2D eigenvalue weighted by Gasteiger charge is 2.11. The van der Waals surface area contributed by atoms with Gasteiger partial charge in [0.25, 0.3) is 13.0 Å². The van der Waals surface area contributed by atoms with Crippen molar-refractivity contribution in [2.45, 2.75) is 6.92 Å². The minimum Gasteiger partial charge on any atom is -0.343 e. The molecule has 0 saturated heterocycles. The Balaban J connectivity index is 2.00. The summed E-state index contributed by atoms with van der Waals surface area (Å²) in [5.41, 5.74) is 2.39. The zero-order valence-electron chi connectivity index (χ0n) is 13.5. The van der Waals surface area contributed by atoms with E-state index >= 15 is 0 Å². The van der Waals surface area contributed by atoms with E-state index in [1.807, 2.05) is 55.5 Å². The summed E-state index contributed by atoms with van der Waals surface area (Å²) in [7, 11) is 0.491. The van der Waals surface area contributed by atoms with E-state index in [4.69, 9.17) is 0 Å². The predicted octanol–water partition coefficient (Wildman–Crippen LogP) is 1.72. The first kappa shape index (κ1) is 15.7. The number of nitrogens with zero attached hydrogens (tertiary/aromatic N) is 4. The maximum atomic E-state index is 12.7. The summed E-state index contributed by atoms with van der Waals surface area (Å²) in [5, 5.41) is 4.80. The van der Waals surface area contributed by atoms with Crippen LogP contribution in [0.2, 0.25) is 0 Å². The molecule has 0 N–H and O–H groups in total. The molecule has 24 heavy (non-hydrogen) atoms. The molecule has 2 heterocycles. The van der Waals surface area contributed by atoms with E-state index in [0.29, 0.717) is 18.4 Å². The molecule has 0 fully saturated rings. The molecule has 0 aliphatic carbocycles. The molecule has 3 aromatic rings. The Hall–Kier alpha value is -3.15. The van der Waals surface area contributed by atoms with Crippen LogP contribution >= 0.6 is 0 Å². The largest absolute Gasteiger partial charge is 0.343 e. The molecule has 0 aliphatic heterocycles. The Morgan fingerprint density at radius 2 is 2.04 bits per heavy atom. The monoisotopic (exact) mass is 316 g/mol. The van der Waals surface area contributed by atoms with Gasteiger partial charge in [0.05, 0.1) is 12.5 Å². The van der Waals surface area contributed by atoms with Crippen molar-refractivity contribution in [2.24, 2.45) is 0 Å². The minimum absolute atomic E-state index is 0.0930. The molecule has 118 valence electrons. The van der Waals surface area contributed by atoms with Gasteiger partial charge in [-0.25, -0.2) is 9.67 Å². The molecule has 0 atom stereocenters. The summed E-state index contributed by atoms with van der Waals surface area (Å²) in [4.78, 5) is 17.1. The van der Waals surface area contributed by atoms with Crippen LogP contribution < -0.4 is 11.0 Å². The Morgan fingerprint density at radius 3 is 2.79 bits per heavy atom. The number of fused-ring (bicyclic) bond motifs is 1. The molecule has 1 aromatic carbocycles. The maximum absolute atomic E-state index is 12.7. The van der Waals surface area contributed by atoms with Crippen molar-refractivity contribution in [1.82, 2.24) is 19.2 Å². The number of aromatic nitrogens is 4. The van der Waals surface area contributed by atoms with Gasteiger partial charge in [-0.1, -0.05) is 60.6 Å². The van der Waals surface area contributed by atoms with Crippen LogP contribution in [0.25, 0.3) is 16.7 Å². The maximum Gasteiger partial charge on any atom is 0.281 e. The summed E-state index contributed by atoms with van der Waals surface area (Å²) in [5.74, 6) is 0. The minimum atomic E-state index is -0.0930. The molecule has 0 amide bonds. The molecule has 0 radical (unpaired) electrons. The average Bonchev–Trinajstić information content (AvgIpc) is 3.03. The van der Waals surface area contributed by atoms with Gasteiger partial charge in [-0.3, -0.25) is 4.79 Å². The highest BCUT2D eigenvalue weighted by molar-refractivity contribution is 6.51. The van der Waals surface area contributed by atoms with Crippen molar-refractivity contribution in [2.75, 3.05) is 0 Å². The van der Waals surface area contributed by atoms with Crippen molar-refractivity contribution < 1.29 is 0 Å². The summed E-state index contributed by atoms with van der Waals surface area (Å²) in [6.45, 7) is 5.54. The standard InChI is InChI=1S/C18H17BN4O/c1-3-4-6-9-14(2)23-17-16(12-21-23)18(24)22(13-20-17)19-15-10-7-5-8-11-15/h3-13,19H,1H2,2H3/b6-4-,14-9+. The zero-order valence-corrected chi connectivity index (χ0v) is 13.5. The summed E-state index contributed by atoms with van der Waals surface area (Å²) < 4.78 is 3.26. The normalized spacial score (nSPS) is 12.0. The first-order chi connectivity index (χ1) is 11.7. The van der Waals surface area contributed by atoms with E-state index in [0.717, 1.165) is 11.2 Å². The second kappa shape index (κ2) is 6.96. The molecule has 3 rings (SSSR count). The van der Waals surface area contributed by atoms with Crippen molar-refractivity contribution >= 4 is 29.6 Å². The lowest BCUT2D eigenvalue weighted by molar-refractivity contribution is 0.906. The number of hydrogen-bond acceptors (Lipinski definition) is 3. The topological polar surface area (TPSA) is 52.7 Å². The third kappa shape index (κ3) is 3.13. The van der Waals surface area contributed by atoms with Gasteiger partial charge in [0.1, 0.15) is 5.39 Å². The average molecular weight is 316 g/mol. The number of hydrogen-bond donors (Lipinski definition) is 0. The van der Waals surface area contributed by atoms with Crippen molar-refractivity contribution in [3.63, 3.8) is 0 Å². The van der Waals surface area contributed by atoms with Crippen LogP contribution in [0, 0.1) is 0 Å². The van der Waals surface area contributed by atoms with Gasteiger partial charge in [0.2, 0.25) is 0 Å². The third-order valence-electron chi connectivity index (χ3n) is 3.67. The Morgan fingerprint density at radius 1 is 1.25 bits per heavy atom. The van der Waals surface area contributed by atoms with Crippen molar-refractivity contribution in [3.8, 4) is 0 Å². The lowest BCUT2D eigenvalue weighted by Gasteiger charge is -2.05. The van der Waals surface area contributed by atoms with Crippen LogP contribution in [0.3, 0.4) is 0 Å². The van der Waals surface area contributed by atoms with Gasteiger partial charge < -0.3 is 4.48 Å². The molecule has 6 heteroatoms. The first-order valence-corrected chi connectivity index (χ1v) is 7.64. The Labute approximate surface area is 140 Å². The quantitative estimate of drug-likeness (QED) is 0.532. The van der Waals surface area contributed by atoms with E-state index in [2.05, 4.69) is 16.7 Å². The number of rotatable bonds is 5. The molecular weight excluding hydrogens is 299 g/mol. The van der Waals surface area contributed by atoms with Crippen LogP contribution in [0.4, 0.5) is 0 Å². The number of allylic oxidation sites excluding steroid dienone is 5. The highest BCUT2D eigenvalue weighted by atomic mass is 16.1. The summed E-state index contributed by atoms with van der Waals surface area (Å²) in [6, 6.07) is 9.83. The van der Waals surface area contributed by atoms with Crippen molar-refractivity contribution in [1.29, 1.82) is 0 Å². The van der Waals surface area contributed by atoms with Gasteiger partial charge in [0.15, 0.2) is 5.65 Å². The molecule has 0 saturated carbocycles. The second-order valence-corrected chi connectivity index (χ2v) is 5.39. The lowest BCUT2D eigenvalue weighted by Crippen LogP contribution is -2.32. The highest BCUT2D eigenvalue weighted by Crippen LogP contribution is 2.11. The zero-order chi connectivity index (χ0) is 16.9. The third-order valence-corrected chi connectivity index (χ3v) is 3.67. The fraction of sp³-hybridized carbons (Fsp3) is 0.0556. The molecule has 0 aliphatic rings. The van der Waals surface area contributed by atoms with Crippen LogP contribution in [-0.2, 0) is 0 Å². The SMILES string of the molecule is C=C/C=C\C=C(/C)n1ncc2c(=O)n(Bc3ccccc3)cnc21. The second-order valence-electron chi connectivity index (χ2n) is 5.39. The van der Waals surface area contributed by atoms with Gasteiger partial charge in [0, 0.05) is 5.70 Å². The fourth-order valence-electron chi connectivity index (χ4n) is 2.44. The molecular formula is C18H17BN4O. The van der Waals surface area contributed by atoms with Gasteiger partial charge in [-0.05, 0) is 13.0 Å². The van der Waals surface area contributed by atoms with Gasteiger partial charge in [-0.15, -0.1) is 0 Å². The van der Waals surface area contributed by atoms with Gasteiger partial charge in [-0.2, -0.15) is 5.10 Å². The van der Waals surface area contributed by atoms with Crippen molar-refractivity contribution in [3.05, 3.63) is 84.1 Å². The smallest absolute Gasteiger partial charge is 0.281 e. The summed E-state index contributed by atoms with van der Waals surface area (Å²) in [6.07, 6.45) is 10.4. The lowest BCUT2D eigenvalue weighted by atomic mass is 9.82. The molecule has 2 aromatic heterocycles. The first-order valence-electron chi connectivity index (χ1n) is 7.64. The van der Waals surface area contributed by atoms with Crippen LogP contribution in [0.1, 0.15) is 6.92 Å².